The van der Waals surface area contributed by atoms with Crippen molar-refractivity contribution in [2.75, 3.05) is 29.0 Å². The van der Waals surface area contributed by atoms with Crippen LogP contribution in [0.25, 0.3) is 11.3 Å². The molecule has 0 saturated carbocycles. The molecule has 0 aliphatic heterocycles. The van der Waals surface area contributed by atoms with Gasteiger partial charge >= 0.3 is 5.97 Å². The SMILES string of the molecule is O=C(O)c1ccccc1C(=O)Nc1cnc(NCCNc2ccc([NH+]([O-])O)cn2)nc1-c1ccc(Cl)cc1Cl. The fourth-order valence-corrected chi connectivity index (χ4v) is 3.99. The third-order valence-electron chi connectivity index (χ3n) is 5.35. The molecule has 4 aromatic rings. The van der Waals surface area contributed by atoms with Crippen LogP contribution in [0.1, 0.15) is 20.7 Å². The Balaban J connectivity index is 1.53. The van der Waals surface area contributed by atoms with Crippen LogP contribution in [0.2, 0.25) is 10.0 Å². The van der Waals surface area contributed by atoms with Crippen LogP contribution in [0.4, 0.5) is 23.1 Å². The van der Waals surface area contributed by atoms with Crippen molar-refractivity contribution in [2.45, 2.75) is 0 Å². The Hall–Kier alpha value is -4.33. The lowest BCUT2D eigenvalue weighted by Gasteiger charge is -2.15. The van der Waals surface area contributed by atoms with E-state index in [1.807, 2.05) is 0 Å². The van der Waals surface area contributed by atoms with E-state index in [0.717, 1.165) is 0 Å². The molecule has 0 aliphatic carbocycles. The second-order valence-corrected chi connectivity index (χ2v) is 8.82. The van der Waals surface area contributed by atoms with Gasteiger partial charge in [-0.1, -0.05) is 35.3 Å². The highest BCUT2D eigenvalue weighted by Gasteiger charge is 2.20. The van der Waals surface area contributed by atoms with Crippen molar-refractivity contribution < 1.29 is 25.1 Å². The van der Waals surface area contributed by atoms with Crippen molar-refractivity contribution in [1.29, 1.82) is 0 Å². The number of amides is 1. The van der Waals surface area contributed by atoms with Gasteiger partial charge in [-0.25, -0.2) is 25.0 Å². The number of halogens is 2. The van der Waals surface area contributed by atoms with E-state index in [1.165, 1.54) is 42.7 Å². The van der Waals surface area contributed by atoms with Gasteiger partial charge < -0.3 is 26.3 Å². The van der Waals surface area contributed by atoms with Gasteiger partial charge in [0.2, 0.25) is 5.95 Å². The van der Waals surface area contributed by atoms with E-state index in [1.54, 1.807) is 24.3 Å². The van der Waals surface area contributed by atoms with Crippen LogP contribution >= 0.6 is 23.2 Å². The average Bonchev–Trinajstić information content (AvgIpc) is 2.92. The lowest BCUT2D eigenvalue weighted by Crippen LogP contribution is -2.99. The maximum atomic E-state index is 13.0. The number of carboxylic acids is 1. The summed E-state index contributed by atoms with van der Waals surface area (Å²) in [4.78, 5) is 37.4. The van der Waals surface area contributed by atoms with Gasteiger partial charge in [0.25, 0.3) is 5.91 Å². The lowest BCUT2D eigenvalue weighted by atomic mass is 10.1. The normalized spacial score (nSPS) is 11.5. The van der Waals surface area contributed by atoms with E-state index in [9.17, 15) is 19.9 Å². The summed E-state index contributed by atoms with van der Waals surface area (Å²) in [5.74, 6) is -1.17. The number of aromatic nitrogens is 3. The molecule has 4 rings (SSSR count). The first-order valence-corrected chi connectivity index (χ1v) is 12.1. The molecule has 1 atom stereocenters. The monoisotopic (exact) mass is 569 g/mol. The molecule has 0 bridgehead atoms. The standard InChI is InChI=1S/C25H21Cl2N7O5/c26-14-5-7-18(19(27)11-14)22-20(32-23(35)16-3-1-2-4-17(16)24(36)37)13-31-25(33-22)29-10-9-28-21-8-6-15(12-30-21)34(38)39/h1-8,11-13,34,38H,9-10H2,(H,28,30)(H,32,35)(H,36,37)(H,29,31,33). The van der Waals surface area contributed by atoms with Gasteiger partial charge in [-0.2, -0.15) is 5.23 Å². The first-order chi connectivity index (χ1) is 18.7. The quantitative estimate of drug-likeness (QED) is 0.122. The van der Waals surface area contributed by atoms with Gasteiger partial charge in [0.1, 0.15) is 11.5 Å². The first kappa shape index (κ1) is 27.7. The molecule has 14 heteroatoms. The Morgan fingerprint density at radius 3 is 2.36 bits per heavy atom. The van der Waals surface area contributed by atoms with Crippen LogP contribution in [-0.2, 0) is 0 Å². The third-order valence-corrected chi connectivity index (χ3v) is 5.90. The van der Waals surface area contributed by atoms with Gasteiger partial charge in [0, 0.05) is 29.7 Å². The zero-order valence-electron chi connectivity index (χ0n) is 20.0. The molecule has 0 radical (unpaired) electrons. The molecule has 2 aromatic heterocycles. The largest absolute Gasteiger partial charge is 0.595 e. The molecule has 39 heavy (non-hydrogen) atoms. The van der Waals surface area contributed by atoms with Crippen LogP contribution in [0.15, 0.2) is 67.0 Å². The summed E-state index contributed by atoms with van der Waals surface area (Å²) in [6.07, 6.45) is 2.64. The average molecular weight is 570 g/mol. The molecule has 1 unspecified atom stereocenters. The van der Waals surface area contributed by atoms with Crippen molar-refractivity contribution in [2.24, 2.45) is 0 Å². The Morgan fingerprint density at radius 1 is 0.949 bits per heavy atom. The van der Waals surface area contributed by atoms with Crippen molar-refractivity contribution >= 4 is 58.2 Å². The number of carboxylic acid groups (broad SMARTS) is 1. The zero-order valence-corrected chi connectivity index (χ0v) is 21.5. The smallest absolute Gasteiger partial charge is 0.336 e. The van der Waals surface area contributed by atoms with Crippen molar-refractivity contribution in [3.8, 4) is 11.3 Å². The predicted molar refractivity (Wildman–Crippen MR) is 146 cm³/mol. The van der Waals surface area contributed by atoms with Crippen LogP contribution in [-0.4, -0.2) is 50.2 Å². The molecule has 12 nitrogen and oxygen atoms in total. The summed E-state index contributed by atoms with van der Waals surface area (Å²) in [5.41, 5.74) is 0.856. The Morgan fingerprint density at radius 2 is 1.69 bits per heavy atom. The van der Waals surface area contributed by atoms with E-state index in [-0.39, 0.29) is 39.2 Å². The summed E-state index contributed by atoms with van der Waals surface area (Å²) in [6, 6.07) is 13.6. The molecule has 0 spiro atoms. The van der Waals surface area contributed by atoms with Crippen LogP contribution in [0, 0.1) is 5.21 Å². The highest BCUT2D eigenvalue weighted by Crippen LogP contribution is 2.34. The van der Waals surface area contributed by atoms with Crippen molar-refractivity contribution in [3.63, 3.8) is 0 Å². The number of hydrogen-bond donors (Lipinski definition) is 6. The Bertz CT molecular complexity index is 1500. The van der Waals surface area contributed by atoms with E-state index < -0.39 is 17.1 Å². The Labute approximate surface area is 231 Å². The van der Waals surface area contributed by atoms with Gasteiger partial charge in [0.05, 0.1) is 34.2 Å². The van der Waals surface area contributed by atoms with Crippen LogP contribution in [0.3, 0.4) is 0 Å². The highest BCUT2D eigenvalue weighted by atomic mass is 35.5. The highest BCUT2D eigenvalue weighted by molar-refractivity contribution is 6.36. The number of quaternary nitrogens is 1. The number of carbonyl (C=O) groups excluding carboxylic acids is 1. The van der Waals surface area contributed by atoms with E-state index in [4.69, 9.17) is 28.4 Å². The molecular formula is C25H21Cl2N7O5. The van der Waals surface area contributed by atoms with Crippen LogP contribution in [0.5, 0.6) is 0 Å². The minimum atomic E-state index is -1.24. The molecule has 0 saturated heterocycles. The summed E-state index contributed by atoms with van der Waals surface area (Å²) in [6.45, 7) is 0.776. The number of anilines is 3. The number of pyridine rings is 1. The molecule has 0 aliphatic rings. The van der Waals surface area contributed by atoms with Gasteiger partial charge in [-0.3, -0.25) is 4.79 Å². The minimum absolute atomic E-state index is 0.0311. The summed E-state index contributed by atoms with van der Waals surface area (Å²) in [5, 5.41) is 37.8. The fraction of sp³-hybridized carbons (Fsp3) is 0.0800. The van der Waals surface area contributed by atoms with E-state index >= 15 is 0 Å². The van der Waals surface area contributed by atoms with Crippen LogP contribution < -0.4 is 21.2 Å². The first-order valence-electron chi connectivity index (χ1n) is 11.4. The number of nitrogens with zero attached hydrogens (tertiary/aromatic N) is 3. The fourth-order valence-electron chi connectivity index (χ4n) is 3.49. The molecule has 0 fully saturated rings. The molecule has 2 aromatic carbocycles. The molecule has 2 heterocycles. The maximum absolute atomic E-state index is 13.0. The zero-order chi connectivity index (χ0) is 27.9. The number of hydrogen-bond acceptors (Lipinski definition) is 9. The Kier molecular flexibility index (Phi) is 8.86. The second-order valence-electron chi connectivity index (χ2n) is 7.98. The number of carbonyl (C=O) groups is 2. The number of aromatic carboxylic acids is 1. The summed E-state index contributed by atoms with van der Waals surface area (Å²) >= 11 is 12.5. The molecule has 1 amide bonds. The maximum Gasteiger partial charge on any atom is 0.336 e. The topological polar surface area (TPSA) is 177 Å². The van der Waals surface area contributed by atoms with Gasteiger partial charge in [-0.05, 0) is 36.4 Å². The van der Waals surface area contributed by atoms with Gasteiger partial charge in [-0.15, -0.1) is 0 Å². The van der Waals surface area contributed by atoms with E-state index in [0.29, 0.717) is 29.5 Å². The second kappa shape index (κ2) is 12.5. The summed E-state index contributed by atoms with van der Waals surface area (Å²) in [7, 11) is 0. The molecule has 200 valence electrons. The van der Waals surface area contributed by atoms with Crippen molar-refractivity contribution in [3.05, 3.63) is 93.4 Å². The molecular weight excluding hydrogens is 549 g/mol. The number of rotatable bonds is 10. The predicted octanol–water partition coefficient (Wildman–Crippen LogP) is 3.72. The minimum Gasteiger partial charge on any atom is -0.595 e. The van der Waals surface area contributed by atoms with Gasteiger partial charge in [0.15, 0.2) is 5.69 Å². The summed E-state index contributed by atoms with van der Waals surface area (Å²) < 4.78 is 0. The lowest BCUT2D eigenvalue weighted by molar-refractivity contribution is -0.991. The number of nitrogens with one attached hydrogen (secondary N) is 4. The third kappa shape index (κ3) is 6.96. The number of benzene rings is 2. The molecule has 6 N–H and O–H groups in total. The van der Waals surface area contributed by atoms with E-state index in [2.05, 4.69) is 30.9 Å². The van der Waals surface area contributed by atoms with Crippen molar-refractivity contribution in [1.82, 2.24) is 15.0 Å².